The minimum absolute atomic E-state index is 1.04. The molecule has 0 saturated carbocycles. The Balaban J connectivity index is 2.11. The van der Waals surface area contributed by atoms with Crippen molar-refractivity contribution in [1.29, 1.82) is 0 Å². The molecule has 82 valence electrons. The Bertz CT molecular complexity index is 445. The summed E-state index contributed by atoms with van der Waals surface area (Å²) in [7, 11) is 0. The number of benzene rings is 2. The largest absolute Gasteiger partial charge is 0.120 e. The van der Waals surface area contributed by atoms with Gasteiger partial charge in [0.25, 0.3) is 0 Å². The van der Waals surface area contributed by atoms with Crippen LogP contribution in [-0.4, -0.2) is 0 Å². The lowest BCUT2D eigenvalue weighted by Gasteiger charge is -2.07. The van der Waals surface area contributed by atoms with Crippen LogP contribution in [0.3, 0.4) is 0 Å². The SMILES string of the molecule is Cc1cccc(I)c1SCc1ccccc1. The van der Waals surface area contributed by atoms with Gasteiger partial charge in [-0.1, -0.05) is 42.5 Å². The van der Waals surface area contributed by atoms with Crippen LogP contribution in [0.1, 0.15) is 11.1 Å². The fourth-order valence-electron chi connectivity index (χ4n) is 1.53. The van der Waals surface area contributed by atoms with Gasteiger partial charge in [0.15, 0.2) is 0 Å². The second-order valence-corrected chi connectivity index (χ2v) is 5.81. The molecule has 2 aromatic carbocycles. The van der Waals surface area contributed by atoms with E-state index in [9.17, 15) is 0 Å². The van der Waals surface area contributed by atoms with Gasteiger partial charge >= 0.3 is 0 Å². The predicted octanol–water partition coefficient (Wildman–Crippen LogP) is 4.89. The molecule has 0 amide bonds. The molecule has 0 radical (unpaired) electrons. The standard InChI is InChI=1S/C14H13IS/c1-11-6-5-9-13(15)14(11)16-10-12-7-3-2-4-8-12/h2-9H,10H2,1H3. The van der Waals surface area contributed by atoms with Crippen molar-refractivity contribution < 1.29 is 0 Å². The number of halogens is 1. The van der Waals surface area contributed by atoms with Crippen molar-refractivity contribution in [3.8, 4) is 0 Å². The van der Waals surface area contributed by atoms with E-state index in [0.717, 1.165) is 5.75 Å². The van der Waals surface area contributed by atoms with Gasteiger partial charge in [0, 0.05) is 14.2 Å². The van der Waals surface area contributed by atoms with Crippen LogP contribution < -0.4 is 0 Å². The van der Waals surface area contributed by atoms with Crippen molar-refractivity contribution >= 4 is 34.4 Å². The average molecular weight is 340 g/mol. The van der Waals surface area contributed by atoms with Crippen molar-refractivity contribution in [3.05, 3.63) is 63.2 Å². The van der Waals surface area contributed by atoms with Gasteiger partial charge in [0.05, 0.1) is 0 Å². The predicted molar refractivity (Wildman–Crippen MR) is 79.9 cm³/mol. The van der Waals surface area contributed by atoms with E-state index in [1.54, 1.807) is 0 Å². The number of hydrogen-bond acceptors (Lipinski definition) is 1. The smallest absolute Gasteiger partial charge is 0.0269 e. The fraction of sp³-hybridized carbons (Fsp3) is 0.143. The molecule has 0 spiro atoms. The maximum atomic E-state index is 2.41. The Morgan fingerprint density at radius 2 is 1.75 bits per heavy atom. The van der Waals surface area contributed by atoms with Crippen molar-refractivity contribution in [2.45, 2.75) is 17.6 Å². The van der Waals surface area contributed by atoms with E-state index in [2.05, 4.69) is 78.0 Å². The molecule has 0 bridgehead atoms. The van der Waals surface area contributed by atoms with Crippen LogP contribution in [0.2, 0.25) is 0 Å². The molecule has 0 aromatic heterocycles. The normalized spacial score (nSPS) is 10.4. The lowest BCUT2D eigenvalue weighted by molar-refractivity contribution is 1.26. The Labute approximate surface area is 115 Å². The molecule has 0 unspecified atom stereocenters. The highest BCUT2D eigenvalue weighted by molar-refractivity contribution is 14.1. The Kier molecular flexibility index (Phi) is 4.29. The van der Waals surface area contributed by atoms with Crippen LogP contribution in [0.15, 0.2) is 53.4 Å². The first-order valence-electron chi connectivity index (χ1n) is 5.19. The third kappa shape index (κ3) is 3.01. The lowest BCUT2D eigenvalue weighted by atomic mass is 10.2. The monoisotopic (exact) mass is 340 g/mol. The second-order valence-electron chi connectivity index (χ2n) is 3.66. The molecule has 0 saturated heterocycles. The van der Waals surface area contributed by atoms with E-state index in [1.807, 2.05) is 11.8 Å². The Morgan fingerprint density at radius 1 is 1.00 bits per heavy atom. The summed E-state index contributed by atoms with van der Waals surface area (Å²) in [6.45, 7) is 2.18. The summed E-state index contributed by atoms with van der Waals surface area (Å²) in [5, 5.41) is 0. The zero-order valence-corrected chi connectivity index (χ0v) is 12.1. The highest BCUT2D eigenvalue weighted by Gasteiger charge is 2.03. The first-order valence-corrected chi connectivity index (χ1v) is 7.25. The molecule has 0 aliphatic heterocycles. The topological polar surface area (TPSA) is 0 Å². The summed E-state index contributed by atoms with van der Waals surface area (Å²) >= 11 is 4.33. The van der Waals surface area contributed by atoms with Crippen LogP contribution in [0.4, 0.5) is 0 Å². The summed E-state index contributed by atoms with van der Waals surface area (Å²) in [4.78, 5) is 1.41. The van der Waals surface area contributed by atoms with E-state index in [-0.39, 0.29) is 0 Å². The first kappa shape index (κ1) is 12.0. The van der Waals surface area contributed by atoms with Gasteiger partial charge in [-0.25, -0.2) is 0 Å². The summed E-state index contributed by atoms with van der Waals surface area (Å²) in [5.74, 6) is 1.04. The zero-order chi connectivity index (χ0) is 11.4. The van der Waals surface area contributed by atoms with Crippen molar-refractivity contribution in [3.63, 3.8) is 0 Å². The maximum absolute atomic E-state index is 2.41. The molecule has 0 fully saturated rings. The third-order valence-electron chi connectivity index (χ3n) is 2.39. The lowest BCUT2D eigenvalue weighted by Crippen LogP contribution is -1.86. The van der Waals surface area contributed by atoms with E-state index < -0.39 is 0 Å². The van der Waals surface area contributed by atoms with E-state index in [0.29, 0.717) is 0 Å². The molecule has 0 heterocycles. The minimum Gasteiger partial charge on any atom is -0.120 e. The highest BCUT2D eigenvalue weighted by Crippen LogP contribution is 2.30. The van der Waals surface area contributed by atoms with Gasteiger partial charge in [0.2, 0.25) is 0 Å². The highest BCUT2D eigenvalue weighted by atomic mass is 127. The second kappa shape index (κ2) is 5.73. The van der Waals surface area contributed by atoms with E-state index in [1.165, 1.54) is 19.6 Å². The molecular weight excluding hydrogens is 327 g/mol. The molecule has 2 heteroatoms. The Morgan fingerprint density at radius 3 is 2.44 bits per heavy atom. The summed E-state index contributed by atoms with van der Waals surface area (Å²) in [6, 6.07) is 17.1. The van der Waals surface area contributed by atoms with Crippen LogP contribution in [0.25, 0.3) is 0 Å². The van der Waals surface area contributed by atoms with Crippen LogP contribution in [0, 0.1) is 10.5 Å². The molecule has 0 N–H and O–H groups in total. The van der Waals surface area contributed by atoms with Crippen molar-refractivity contribution in [2.75, 3.05) is 0 Å². The van der Waals surface area contributed by atoms with Crippen molar-refractivity contribution in [2.24, 2.45) is 0 Å². The first-order chi connectivity index (χ1) is 7.77. The zero-order valence-electron chi connectivity index (χ0n) is 9.11. The van der Waals surface area contributed by atoms with Crippen LogP contribution in [0.5, 0.6) is 0 Å². The van der Waals surface area contributed by atoms with Gasteiger partial charge in [-0.05, 0) is 46.7 Å². The summed E-state index contributed by atoms with van der Waals surface area (Å²) in [5.41, 5.74) is 2.75. The molecule has 2 rings (SSSR count). The van der Waals surface area contributed by atoms with Gasteiger partial charge < -0.3 is 0 Å². The number of rotatable bonds is 3. The summed E-state index contributed by atoms with van der Waals surface area (Å²) in [6.07, 6.45) is 0. The average Bonchev–Trinajstić information content (AvgIpc) is 2.30. The van der Waals surface area contributed by atoms with E-state index >= 15 is 0 Å². The number of hydrogen-bond donors (Lipinski definition) is 0. The molecule has 0 nitrogen and oxygen atoms in total. The van der Waals surface area contributed by atoms with E-state index in [4.69, 9.17) is 0 Å². The van der Waals surface area contributed by atoms with Gasteiger partial charge in [-0.3, -0.25) is 0 Å². The molecule has 16 heavy (non-hydrogen) atoms. The maximum Gasteiger partial charge on any atom is 0.0269 e. The molecular formula is C14H13IS. The van der Waals surface area contributed by atoms with Crippen LogP contribution in [-0.2, 0) is 5.75 Å². The van der Waals surface area contributed by atoms with Crippen LogP contribution >= 0.6 is 34.4 Å². The van der Waals surface area contributed by atoms with Gasteiger partial charge in [-0.15, -0.1) is 11.8 Å². The van der Waals surface area contributed by atoms with Gasteiger partial charge in [0.1, 0.15) is 0 Å². The molecule has 2 aromatic rings. The quantitative estimate of drug-likeness (QED) is 0.566. The minimum atomic E-state index is 1.04. The number of thioether (sulfide) groups is 1. The van der Waals surface area contributed by atoms with Crippen molar-refractivity contribution in [1.82, 2.24) is 0 Å². The molecule has 0 atom stereocenters. The number of aryl methyl sites for hydroxylation is 1. The summed E-state index contributed by atoms with van der Waals surface area (Å²) < 4.78 is 1.35. The third-order valence-corrected chi connectivity index (χ3v) is 4.96. The fourth-order valence-corrected chi connectivity index (χ4v) is 3.63. The molecule has 0 aliphatic carbocycles. The Hall–Kier alpha value is -0.480. The molecule has 0 aliphatic rings. The van der Waals surface area contributed by atoms with Gasteiger partial charge in [-0.2, -0.15) is 0 Å².